The molecule has 30 heavy (non-hydrogen) atoms. The summed E-state index contributed by atoms with van der Waals surface area (Å²) in [7, 11) is 0. The van der Waals surface area contributed by atoms with E-state index in [0.29, 0.717) is 40.8 Å². The Bertz CT molecular complexity index is 1130. The van der Waals surface area contributed by atoms with Gasteiger partial charge in [-0.1, -0.05) is 72.6 Å². The summed E-state index contributed by atoms with van der Waals surface area (Å²) in [5.41, 5.74) is 2.11. The van der Waals surface area contributed by atoms with Crippen LogP contribution in [0.1, 0.15) is 29.3 Å². The second-order valence-electron chi connectivity index (χ2n) is 6.73. The number of hydrogen-bond acceptors (Lipinski definition) is 3. The molecule has 1 N–H and O–H groups in total. The molecule has 0 unspecified atom stereocenters. The molecule has 0 spiro atoms. The minimum Gasteiger partial charge on any atom is -0.357 e. The molecular weight excluding hydrogens is 423 g/mol. The summed E-state index contributed by atoms with van der Waals surface area (Å²) in [5, 5.41) is 0.994. The van der Waals surface area contributed by atoms with Crippen LogP contribution in [0.15, 0.2) is 64.2 Å². The monoisotopic (exact) mass is 444 g/mol. The zero-order valence-electron chi connectivity index (χ0n) is 16.5. The van der Waals surface area contributed by atoms with Gasteiger partial charge in [0.2, 0.25) is 0 Å². The summed E-state index contributed by atoms with van der Waals surface area (Å²) in [6.45, 7) is 2.22. The first kappa shape index (κ1) is 22.1. The van der Waals surface area contributed by atoms with Crippen molar-refractivity contribution in [2.45, 2.75) is 26.5 Å². The highest BCUT2D eigenvalue weighted by atomic mass is 35.5. The second kappa shape index (κ2) is 10.4. The van der Waals surface area contributed by atoms with Gasteiger partial charge in [0.15, 0.2) is 0 Å². The lowest BCUT2D eigenvalue weighted by molar-refractivity contribution is 0.0944. The van der Waals surface area contributed by atoms with Crippen molar-refractivity contribution in [1.82, 2.24) is 9.55 Å². The minimum atomic E-state index is -0.507. The Morgan fingerprint density at radius 3 is 2.43 bits per heavy atom. The Morgan fingerprint density at radius 2 is 1.77 bits per heavy atom. The first-order valence-corrected chi connectivity index (χ1v) is 10.3. The fourth-order valence-electron chi connectivity index (χ4n) is 3.23. The predicted octanol–water partition coefficient (Wildman–Crippen LogP) is 4.68. The van der Waals surface area contributed by atoms with Crippen LogP contribution in [-0.2, 0) is 24.3 Å². The maximum Gasteiger partial charge on any atom is 0.330 e. The Balaban J connectivity index is 1.83. The van der Waals surface area contributed by atoms with Crippen LogP contribution >= 0.6 is 23.2 Å². The Hall–Kier alpha value is -2.60. The van der Waals surface area contributed by atoms with E-state index in [0.717, 1.165) is 11.1 Å². The SMILES string of the molecule is CCc1c(Cc2cc(Cl)cc(Cl)c2)n(COC/C=C/c2ccccc2)c(=O)[nH]c1=O. The van der Waals surface area contributed by atoms with Crippen molar-refractivity contribution in [3.63, 3.8) is 0 Å². The molecule has 0 aliphatic rings. The summed E-state index contributed by atoms with van der Waals surface area (Å²) in [6, 6.07) is 15.0. The third-order valence-electron chi connectivity index (χ3n) is 4.61. The lowest BCUT2D eigenvalue weighted by atomic mass is 10.0. The standard InChI is InChI=1S/C23H22Cl2N2O3/c1-2-20-21(13-17-11-18(24)14-19(25)12-17)27(23(29)26-22(20)28)15-30-10-6-9-16-7-4-3-5-8-16/h3-9,11-12,14H,2,10,13,15H2,1H3,(H,26,28,29)/b9-6+. The van der Waals surface area contributed by atoms with Gasteiger partial charge in [-0.2, -0.15) is 0 Å². The molecule has 0 amide bonds. The van der Waals surface area contributed by atoms with Crippen molar-refractivity contribution >= 4 is 29.3 Å². The Labute approximate surface area is 184 Å². The van der Waals surface area contributed by atoms with Gasteiger partial charge in [-0.05, 0) is 35.7 Å². The number of benzene rings is 2. The van der Waals surface area contributed by atoms with E-state index in [4.69, 9.17) is 27.9 Å². The van der Waals surface area contributed by atoms with Crippen molar-refractivity contribution in [2.75, 3.05) is 6.61 Å². The summed E-state index contributed by atoms with van der Waals surface area (Å²) >= 11 is 12.2. The highest BCUT2D eigenvalue weighted by Crippen LogP contribution is 2.21. The van der Waals surface area contributed by atoms with Crippen LogP contribution in [0.2, 0.25) is 10.0 Å². The van der Waals surface area contributed by atoms with E-state index in [-0.39, 0.29) is 12.3 Å². The molecule has 0 aliphatic heterocycles. The van der Waals surface area contributed by atoms with Crippen LogP contribution in [0.3, 0.4) is 0 Å². The molecule has 0 atom stereocenters. The number of H-pyrrole nitrogens is 1. The maximum atomic E-state index is 12.5. The molecule has 7 heteroatoms. The molecule has 0 saturated heterocycles. The van der Waals surface area contributed by atoms with Crippen LogP contribution in [0, 0.1) is 0 Å². The Kier molecular flexibility index (Phi) is 7.69. The molecule has 0 saturated carbocycles. The van der Waals surface area contributed by atoms with Gasteiger partial charge in [-0.15, -0.1) is 0 Å². The zero-order chi connectivity index (χ0) is 21.5. The smallest absolute Gasteiger partial charge is 0.330 e. The van der Waals surface area contributed by atoms with Crippen molar-refractivity contribution in [1.29, 1.82) is 0 Å². The van der Waals surface area contributed by atoms with Crippen LogP contribution in [0.4, 0.5) is 0 Å². The van der Waals surface area contributed by atoms with Crippen molar-refractivity contribution in [3.05, 3.63) is 108 Å². The molecule has 0 bridgehead atoms. The topological polar surface area (TPSA) is 64.1 Å². The molecule has 1 aromatic heterocycles. The van der Waals surface area contributed by atoms with Gasteiger partial charge >= 0.3 is 5.69 Å². The fraction of sp³-hybridized carbons (Fsp3) is 0.217. The van der Waals surface area contributed by atoms with E-state index in [1.807, 2.05) is 49.4 Å². The average molecular weight is 445 g/mol. The molecule has 3 rings (SSSR count). The quantitative estimate of drug-likeness (QED) is 0.512. The summed E-state index contributed by atoms with van der Waals surface area (Å²) in [5.74, 6) is 0. The van der Waals surface area contributed by atoms with E-state index < -0.39 is 5.69 Å². The van der Waals surface area contributed by atoms with E-state index in [1.54, 1.807) is 18.2 Å². The lowest BCUT2D eigenvalue weighted by Crippen LogP contribution is -2.36. The number of aromatic amines is 1. The number of ether oxygens (including phenoxy) is 1. The van der Waals surface area contributed by atoms with Gasteiger partial charge < -0.3 is 4.74 Å². The zero-order valence-corrected chi connectivity index (χ0v) is 18.0. The molecule has 0 radical (unpaired) electrons. The van der Waals surface area contributed by atoms with E-state index in [9.17, 15) is 9.59 Å². The van der Waals surface area contributed by atoms with Gasteiger partial charge in [-0.3, -0.25) is 14.3 Å². The number of nitrogens with zero attached hydrogens (tertiary/aromatic N) is 1. The van der Waals surface area contributed by atoms with Gasteiger partial charge in [-0.25, -0.2) is 4.79 Å². The second-order valence-corrected chi connectivity index (χ2v) is 7.61. The van der Waals surface area contributed by atoms with Crippen molar-refractivity contribution in [2.24, 2.45) is 0 Å². The fourth-order valence-corrected chi connectivity index (χ4v) is 3.80. The highest BCUT2D eigenvalue weighted by molar-refractivity contribution is 6.34. The van der Waals surface area contributed by atoms with Crippen LogP contribution in [0.25, 0.3) is 6.08 Å². The van der Waals surface area contributed by atoms with Crippen molar-refractivity contribution in [3.8, 4) is 0 Å². The lowest BCUT2D eigenvalue weighted by Gasteiger charge is -2.16. The van der Waals surface area contributed by atoms with Gasteiger partial charge in [0.05, 0.1) is 6.61 Å². The van der Waals surface area contributed by atoms with E-state index in [1.165, 1.54) is 4.57 Å². The molecule has 2 aromatic carbocycles. The molecule has 0 fully saturated rings. The van der Waals surface area contributed by atoms with Crippen LogP contribution < -0.4 is 11.2 Å². The third-order valence-corrected chi connectivity index (χ3v) is 5.04. The molecule has 0 aliphatic carbocycles. The number of aromatic nitrogens is 2. The predicted molar refractivity (Wildman–Crippen MR) is 121 cm³/mol. The van der Waals surface area contributed by atoms with E-state index >= 15 is 0 Å². The van der Waals surface area contributed by atoms with Crippen LogP contribution in [0.5, 0.6) is 0 Å². The molecule has 5 nitrogen and oxygen atoms in total. The number of halogens is 2. The summed E-state index contributed by atoms with van der Waals surface area (Å²) < 4.78 is 7.14. The molecule has 156 valence electrons. The third kappa shape index (κ3) is 5.72. The maximum absolute atomic E-state index is 12.5. The number of nitrogens with one attached hydrogen (secondary N) is 1. The molecule has 1 heterocycles. The number of hydrogen-bond donors (Lipinski definition) is 1. The van der Waals surface area contributed by atoms with Gasteiger partial charge in [0.25, 0.3) is 5.56 Å². The highest BCUT2D eigenvalue weighted by Gasteiger charge is 2.15. The summed E-state index contributed by atoms with van der Waals surface area (Å²) in [6.07, 6.45) is 4.64. The molecular formula is C23H22Cl2N2O3. The first-order chi connectivity index (χ1) is 14.5. The minimum absolute atomic E-state index is 0.0192. The van der Waals surface area contributed by atoms with E-state index in [2.05, 4.69) is 4.98 Å². The Morgan fingerprint density at radius 1 is 1.07 bits per heavy atom. The normalized spacial score (nSPS) is 11.3. The first-order valence-electron chi connectivity index (χ1n) is 9.57. The average Bonchev–Trinajstić information content (AvgIpc) is 2.70. The summed E-state index contributed by atoms with van der Waals surface area (Å²) in [4.78, 5) is 27.2. The largest absolute Gasteiger partial charge is 0.357 e. The van der Waals surface area contributed by atoms with Gasteiger partial charge in [0.1, 0.15) is 6.73 Å². The van der Waals surface area contributed by atoms with Crippen LogP contribution in [-0.4, -0.2) is 16.2 Å². The van der Waals surface area contributed by atoms with Gasteiger partial charge in [0, 0.05) is 27.7 Å². The van der Waals surface area contributed by atoms with Crippen molar-refractivity contribution < 1.29 is 4.74 Å². The number of rotatable bonds is 8. The molecule has 3 aromatic rings.